The first-order valence-corrected chi connectivity index (χ1v) is 11.1. The smallest absolute Gasteiger partial charge is 0.277 e. The number of hydrogen-bond donors (Lipinski definition) is 1. The number of nitrogens with one attached hydrogen (secondary N) is 1. The lowest BCUT2D eigenvalue weighted by Gasteiger charge is -2.13. The van der Waals surface area contributed by atoms with E-state index in [9.17, 15) is 21.6 Å². The highest BCUT2D eigenvalue weighted by Crippen LogP contribution is 2.32. The van der Waals surface area contributed by atoms with Crippen LogP contribution >= 0.6 is 11.6 Å². The van der Waals surface area contributed by atoms with Gasteiger partial charge in [-0.15, -0.1) is 0 Å². The second kappa shape index (κ2) is 7.78. The summed E-state index contributed by atoms with van der Waals surface area (Å²) in [5, 5.41) is 8.42. The Labute approximate surface area is 185 Å². The minimum absolute atomic E-state index is 0.0817. The minimum Gasteiger partial charge on any atom is -0.277 e. The molecule has 0 aliphatic heterocycles. The molecule has 3 aromatic heterocycles. The molecule has 32 heavy (non-hydrogen) atoms. The molecule has 0 aliphatic carbocycles. The van der Waals surface area contributed by atoms with Gasteiger partial charge in [0.2, 0.25) is 0 Å². The molecule has 1 aromatic carbocycles. The Kier molecular flexibility index (Phi) is 5.37. The average molecular weight is 485 g/mol. The summed E-state index contributed by atoms with van der Waals surface area (Å²) in [6.45, 7) is 1.89. The van der Waals surface area contributed by atoms with Gasteiger partial charge in [-0.2, -0.15) is 23.4 Å². The monoisotopic (exact) mass is 484 g/mol. The molecule has 4 rings (SSSR count). The van der Waals surface area contributed by atoms with Gasteiger partial charge >= 0.3 is 6.18 Å². The second-order valence-corrected chi connectivity index (χ2v) is 8.99. The van der Waals surface area contributed by atoms with E-state index in [1.807, 2.05) is 19.1 Å². The van der Waals surface area contributed by atoms with Crippen LogP contribution in [0.15, 0.2) is 47.8 Å². The zero-order chi connectivity index (χ0) is 23.3. The van der Waals surface area contributed by atoms with Crippen molar-refractivity contribution in [3.63, 3.8) is 0 Å². The first-order chi connectivity index (χ1) is 15.0. The lowest BCUT2D eigenvalue weighted by Crippen LogP contribution is -2.15. The molecule has 4 aromatic rings. The highest BCUT2D eigenvalue weighted by molar-refractivity contribution is 7.92. The van der Waals surface area contributed by atoms with Crippen molar-refractivity contribution in [1.82, 2.24) is 24.5 Å². The summed E-state index contributed by atoms with van der Waals surface area (Å²) in [6, 6.07) is 5.54. The topological polar surface area (TPSA) is 94.7 Å². The van der Waals surface area contributed by atoms with Crippen LogP contribution in [0.5, 0.6) is 0 Å². The van der Waals surface area contributed by atoms with Gasteiger partial charge in [0.25, 0.3) is 10.0 Å². The molecule has 0 bridgehead atoms. The van der Waals surface area contributed by atoms with Crippen molar-refractivity contribution < 1.29 is 21.6 Å². The second-order valence-electron chi connectivity index (χ2n) is 6.92. The van der Waals surface area contributed by atoms with E-state index in [2.05, 4.69) is 19.9 Å². The van der Waals surface area contributed by atoms with E-state index in [1.165, 1.54) is 0 Å². The maximum absolute atomic E-state index is 13.1. The fraction of sp³-hybridized carbons (Fsp3) is 0.211. The van der Waals surface area contributed by atoms with Gasteiger partial charge in [-0.05, 0) is 18.1 Å². The molecule has 0 unspecified atom stereocenters. The molecule has 0 saturated carbocycles. The number of aromatic nitrogens is 5. The van der Waals surface area contributed by atoms with Crippen molar-refractivity contribution in [1.29, 1.82) is 0 Å². The SMILES string of the molecule is CCc1ccc2cnn(C)c2c1NS(=O)(=O)c1cnn(-c2cc(Cl)nc(C(F)(F)F)c2)c1. The molecule has 0 aliphatic rings. The molecule has 0 spiro atoms. The largest absolute Gasteiger partial charge is 0.433 e. The van der Waals surface area contributed by atoms with Gasteiger partial charge in [0, 0.05) is 18.5 Å². The summed E-state index contributed by atoms with van der Waals surface area (Å²) in [5.41, 5.74) is 0.447. The Hall–Kier alpha value is -3.12. The summed E-state index contributed by atoms with van der Waals surface area (Å²) in [6.07, 6.45) is -0.395. The van der Waals surface area contributed by atoms with E-state index in [1.54, 1.807) is 17.9 Å². The molecule has 0 atom stereocenters. The average Bonchev–Trinajstić information content (AvgIpc) is 3.35. The van der Waals surface area contributed by atoms with Crippen molar-refractivity contribution in [2.45, 2.75) is 24.4 Å². The standard InChI is InChI=1S/C19H16ClF3N6O2S/c1-3-11-4-5-12-8-24-28(2)18(12)17(11)27-32(30,31)14-9-25-29(10-14)13-6-15(19(21,22)23)26-16(20)7-13/h4-10,27H,3H2,1-2H3. The molecule has 1 N–H and O–H groups in total. The van der Waals surface area contributed by atoms with Crippen LogP contribution in [0.2, 0.25) is 5.15 Å². The first-order valence-electron chi connectivity index (χ1n) is 9.26. The van der Waals surface area contributed by atoms with Crippen molar-refractivity contribution >= 4 is 38.2 Å². The zero-order valence-electron chi connectivity index (χ0n) is 16.7. The molecule has 0 saturated heterocycles. The van der Waals surface area contributed by atoms with Crippen molar-refractivity contribution in [3.05, 3.63) is 59.3 Å². The number of pyridine rings is 1. The number of benzene rings is 1. The van der Waals surface area contributed by atoms with Crippen molar-refractivity contribution in [2.24, 2.45) is 7.05 Å². The van der Waals surface area contributed by atoms with Crippen LogP contribution in [-0.2, 0) is 29.7 Å². The molecule has 3 heterocycles. The number of nitrogens with zero attached hydrogens (tertiary/aromatic N) is 5. The van der Waals surface area contributed by atoms with Gasteiger partial charge < -0.3 is 0 Å². The number of anilines is 1. The van der Waals surface area contributed by atoms with Gasteiger partial charge in [0.05, 0.1) is 35.5 Å². The Morgan fingerprint density at radius 3 is 2.59 bits per heavy atom. The summed E-state index contributed by atoms with van der Waals surface area (Å²) in [4.78, 5) is 3.02. The number of halogens is 4. The fourth-order valence-electron chi connectivity index (χ4n) is 3.26. The molecular formula is C19H16ClF3N6O2S. The van der Waals surface area contributed by atoms with E-state index < -0.39 is 27.0 Å². The van der Waals surface area contributed by atoms with E-state index in [0.717, 1.165) is 40.2 Å². The molecule has 0 radical (unpaired) electrons. The number of alkyl halides is 3. The molecule has 0 fully saturated rings. The lowest BCUT2D eigenvalue weighted by atomic mass is 10.1. The van der Waals surface area contributed by atoms with E-state index in [-0.39, 0.29) is 10.6 Å². The summed E-state index contributed by atoms with van der Waals surface area (Å²) >= 11 is 5.71. The zero-order valence-corrected chi connectivity index (χ0v) is 18.3. The summed E-state index contributed by atoms with van der Waals surface area (Å²) < 4.78 is 70.4. The van der Waals surface area contributed by atoms with E-state index in [0.29, 0.717) is 17.6 Å². The van der Waals surface area contributed by atoms with Crippen LogP contribution < -0.4 is 4.72 Å². The lowest BCUT2D eigenvalue weighted by molar-refractivity contribution is -0.141. The highest BCUT2D eigenvalue weighted by atomic mass is 35.5. The number of aryl methyl sites for hydroxylation is 2. The van der Waals surface area contributed by atoms with Crippen LogP contribution in [0, 0.1) is 0 Å². The van der Waals surface area contributed by atoms with Crippen LogP contribution in [0.1, 0.15) is 18.2 Å². The predicted octanol–water partition coefficient (Wildman–Crippen LogP) is 4.19. The quantitative estimate of drug-likeness (QED) is 0.429. The van der Waals surface area contributed by atoms with Crippen LogP contribution in [0.3, 0.4) is 0 Å². The molecule has 168 valence electrons. The van der Waals surface area contributed by atoms with Crippen molar-refractivity contribution in [2.75, 3.05) is 4.72 Å². The Morgan fingerprint density at radius 1 is 1.16 bits per heavy atom. The third-order valence-electron chi connectivity index (χ3n) is 4.81. The maximum Gasteiger partial charge on any atom is 0.433 e. The first kappa shape index (κ1) is 22.1. The van der Waals surface area contributed by atoms with E-state index >= 15 is 0 Å². The van der Waals surface area contributed by atoms with Crippen molar-refractivity contribution in [3.8, 4) is 5.69 Å². The normalized spacial score (nSPS) is 12.4. The number of sulfonamides is 1. The minimum atomic E-state index is -4.72. The number of rotatable bonds is 5. The van der Waals surface area contributed by atoms with Gasteiger partial charge in [0.1, 0.15) is 15.7 Å². The molecule has 13 heteroatoms. The summed E-state index contributed by atoms with van der Waals surface area (Å²) in [7, 11) is -2.42. The van der Waals surface area contributed by atoms with Crippen LogP contribution in [0.25, 0.3) is 16.6 Å². The van der Waals surface area contributed by atoms with Crippen LogP contribution in [0.4, 0.5) is 18.9 Å². The van der Waals surface area contributed by atoms with Crippen LogP contribution in [-0.4, -0.2) is 33.0 Å². The van der Waals surface area contributed by atoms with Gasteiger partial charge in [-0.3, -0.25) is 9.40 Å². The number of hydrogen-bond acceptors (Lipinski definition) is 5. The summed E-state index contributed by atoms with van der Waals surface area (Å²) in [5.74, 6) is 0. The molecule has 0 amide bonds. The van der Waals surface area contributed by atoms with E-state index in [4.69, 9.17) is 11.6 Å². The number of fused-ring (bicyclic) bond motifs is 1. The molecular weight excluding hydrogens is 469 g/mol. The Balaban J connectivity index is 1.74. The maximum atomic E-state index is 13.1. The predicted molar refractivity (Wildman–Crippen MR) is 112 cm³/mol. The highest BCUT2D eigenvalue weighted by Gasteiger charge is 2.33. The Morgan fingerprint density at radius 2 is 1.91 bits per heavy atom. The van der Waals surface area contributed by atoms with Gasteiger partial charge in [-0.25, -0.2) is 18.1 Å². The van der Waals surface area contributed by atoms with Gasteiger partial charge in [-0.1, -0.05) is 30.7 Å². The fourth-order valence-corrected chi connectivity index (χ4v) is 4.50. The molecule has 8 nitrogen and oxygen atoms in total. The third-order valence-corrected chi connectivity index (χ3v) is 6.31. The third kappa shape index (κ3) is 4.02. The Bertz CT molecular complexity index is 1430. The van der Waals surface area contributed by atoms with Gasteiger partial charge in [0.15, 0.2) is 0 Å².